The highest BCUT2D eigenvalue weighted by Gasteiger charge is 2.07. The summed E-state index contributed by atoms with van der Waals surface area (Å²) in [5.41, 5.74) is 2.66. The zero-order valence-corrected chi connectivity index (χ0v) is 16.0. The Balaban J connectivity index is 1.65. The van der Waals surface area contributed by atoms with Crippen molar-refractivity contribution in [2.45, 2.75) is 13.8 Å². The minimum Gasteiger partial charge on any atom is -0.462 e. The molecule has 2 aromatic carbocycles. The van der Waals surface area contributed by atoms with Gasteiger partial charge in [-0.3, -0.25) is 4.79 Å². The second-order valence-corrected chi connectivity index (χ2v) is 5.97. The van der Waals surface area contributed by atoms with Gasteiger partial charge in [0.1, 0.15) is 0 Å². The van der Waals surface area contributed by atoms with E-state index in [0.29, 0.717) is 29.6 Å². The molecule has 29 heavy (non-hydrogen) atoms. The van der Waals surface area contributed by atoms with Gasteiger partial charge in [0, 0.05) is 24.0 Å². The largest absolute Gasteiger partial charge is 0.462 e. The second-order valence-electron chi connectivity index (χ2n) is 5.97. The lowest BCUT2D eigenvalue weighted by Gasteiger charge is -2.09. The molecular formula is C20H20N6O3. The molecular weight excluding hydrogens is 372 g/mol. The van der Waals surface area contributed by atoms with Crippen molar-refractivity contribution in [3.63, 3.8) is 0 Å². The van der Waals surface area contributed by atoms with E-state index in [0.717, 1.165) is 11.4 Å². The van der Waals surface area contributed by atoms with Crippen LogP contribution in [0.3, 0.4) is 0 Å². The van der Waals surface area contributed by atoms with Gasteiger partial charge in [0.25, 0.3) is 0 Å². The number of nitrogens with zero attached hydrogens (tertiary/aromatic N) is 3. The first kappa shape index (κ1) is 19.7. The van der Waals surface area contributed by atoms with Crippen molar-refractivity contribution in [3.8, 4) is 0 Å². The predicted octanol–water partition coefficient (Wildman–Crippen LogP) is 3.49. The molecule has 1 heterocycles. The van der Waals surface area contributed by atoms with Crippen LogP contribution in [0.4, 0.5) is 28.8 Å². The summed E-state index contributed by atoms with van der Waals surface area (Å²) in [5, 5.41) is 16.8. The fourth-order valence-corrected chi connectivity index (χ4v) is 2.44. The van der Waals surface area contributed by atoms with Crippen LogP contribution in [0.25, 0.3) is 0 Å². The fourth-order valence-electron chi connectivity index (χ4n) is 2.44. The number of anilines is 5. The summed E-state index contributed by atoms with van der Waals surface area (Å²) in [6, 6.07) is 14.0. The standard InChI is InChI=1S/C20H20N6O3/c1-3-29-19(28)14-4-6-16(7-5-14)23-18-12-21-26-20(25-18)24-17-10-8-15(9-11-17)22-13(2)27/h4-12H,3H2,1-2H3,(H,22,27)(H2,23,24,25,26). The molecule has 9 heteroatoms. The monoisotopic (exact) mass is 392 g/mol. The Bertz CT molecular complexity index is 990. The van der Waals surface area contributed by atoms with E-state index in [2.05, 4.69) is 31.1 Å². The van der Waals surface area contributed by atoms with Gasteiger partial charge in [-0.25, -0.2) is 4.79 Å². The Kier molecular flexibility index (Phi) is 6.31. The maximum Gasteiger partial charge on any atom is 0.338 e. The summed E-state index contributed by atoms with van der Waals surface area (Å²) in [5.74, 6) is 0.303. The average molecular weight is 392 g/mol. The zero-order chi connectivity index (χ0) is 20.6. The molecule has 0 saturated heterocycles. The SMILES string of the molecule is CCOC(=O)c1ccc(Nc2cnnc(Nc3ccc(NC(C)=O)cc3)n2)cc1. The highest BCUT2D eigenvalue weighted by Crippen LogP contribution is 2.19. The van der Waals surface area contributed by atoms with E-state index in [1.807, 2.05) is 0 Å². The number of aromatic nitrogens is 3. The van der Waals surface area contributed by atoms with Crippen molar-refractivity contribution in [1.82, 2.24) is 15.2 Å². The molecule has 0 atom stereocenters. The fraction of sp³-hybridized carbons (Fsp3) is 0.150. The highest BCUT2D eigenvalue weighted by atomic mass is 16.5. The van der Waals surface area contributed by atoms with Gasteiger partial charge in [0.15, 0.2) is 5.82 Å². The maximum atomic E-state index is 11.7. The van der Waals surface area contributed by atoms with Gasteiger partial charge < -0.3 is 20.7 Å². The summed E-state index contributed by atoms with van der Waals surface area (Å²) in [6.45, 7) is 3.55. The van der Waals surface area contributed by atoms with Crippen LogP contribution in [-0.4, -0.2) is 33.7 Å². The van der Waals surface area contributed by atoms with E-state index in [-0.39, 0.29) is 11.9 Å². The summed E-state index contributed by atoms with van der Waals surface area (Å²) in [6.07, 6.45) is 1.49. The van der Waals surface area contributed by atoms with Crippen LogP contribution in [-0.2, 0) is 9.53 Å². The smallest absolute Gasteiger partial charge is 0.338 e. The van der Waals surface area contributed by atoms with E-state index < -0.39 is 0 Å². The third-order valence-corrected chi connectivity index (χ3v) is 3.69. The summed E-state index contributed by atoms with van der Waals surface area (Å²) in [4.78, 5) is 27.1. The molecule has 9 nitrogen and oxygen atoms in total. The van der Waals surface area contributed by atoms with Gasteiger partial charge in [-0.1, -0.05) is 0 Å². The zero-order valence-electron chi connectivity index (χ0n) is 16.0. The lowest BCUT2D eigenvalue weighted by Crippen LogP contribution is -2.06. The Morgan fingerprint density at radius 3 is 2.21 bits per heavy atom. The molecule has 0 aliphatic rings. The molecule has 1 amide bonds. The first-order valence-electron chi connectivity index (χ1n) is 8.92. The number of nitrogens with one attached hydrogen (secondary N) is 3. The minimum atomic E-state index is -0.362. The van der Waals surface area contributed by atoms with Crippen LogP contribution < -0.4 is 16.0 Å². The number of carbonyl (C=O) groups is 2. The number of esters is 1. The minimum absolute atomic E-state index is 0.132. The van der Waals surface area contributed by atoms with Crippen molar-refractivity contribution in [2.75, 3.05) is 22.6 Å². The Morgan fingerprint density at radius 2 is 1.55 bits per heavy atom. The normalized spacial score (nSPS) is 10.1. The average Bonchev–Trinajstić information content (AvgIpc) is 2.70. The van der Waals surface area contributed by atoms with Gasteiger partial charge in [-0.15, -0.1) is 5.10 Å². The predicted molar refractivity (Wildman–Crippen MR) is 110 cm³/mol. The number of ether oxygens (including phenoxy) is 1. The van der Waals surface area contributed by atoms with Crippen LogP contribution in [0.1, 0.15) is 24.2 Å². The summed E-state index contributed by atoms with van der Waals surface area (Å²) in [7, 11) is 0. The number of amides is 1. The molecule has 1 aromatic heterocycles. The Hall–Kier alpha value is -4.01. The molecule has 0 saturated carbocycles. The van der Waals surface area contributed by atoms with Gasteiger partial charge in [0.05, 0.1) is 18.4 Å². The molecule has 0 spiro atoms. The van der Waals surface area contributed by atoms with Crippen molar-refractivity contribution >= 4 is 40.7 Å². The molecule has 0 radical (unpaired) electrons. The van der Waals surface area contributed by atoms with Crippen LogP contribution in [0.15, 0.2) is 54.7 Å². The first-order chi connectivity index (χ1) is 14.0. The van der Waals surface area contributed by atoms with Gasteiger partial charge >= 0.3 is 5.97 Å². The van der Waals surface area contributed by atoms with Gasteiger partial charge in [0.2, 0.25) is 11.9 Å². The van der Waals surface area contributed by atoms with Crippen molar-refractivity contribution in [2.24, 2.45) is 0 Å². The number of carbonyl (C=O) groups excluding carboxylic acids is 2. The van der Waals surface area contributed by atoms with Crippen molar-refractivity contribution in [1.29, 1.82) is 0 Å². The summed E-state index contributed by atoms with van der Waals surface area (Å²) >= 11 is 0. The Morgan fingerprint density at radius 1 is 0.931 bits per heavy atom. The number of rotatable bonds is 7. The molecule has 148 valence electrons. The van der Waals surface area contributed by atoms with Crippen LogP contribution >= 0.6 is 0 Å². The van der Waals surface area contributed by atoms with E-state index in [1.54, 1.807) is 55.5 Å². The molecule has 3 aromatic rings. The van der Waals surface area contributed by atoms with Gasteiger partial charge in [-0.05, 0) is 55.5 Å². The van der Waals surface area contributed by atoms with E-state index in [1.165, 1.54) is 13.1 Å². The van der Waals surface area contributed by atoms with Crippen LogP contribution in [0.5, 0.6) is 0 Å². The van der Waals surface area contributed by atoms with E-state index in [9.17, 15) is 9.59 Å². The molecule has 3 rings (SSSR count). The molecule has 3 N–H and O–H groups in total. The lowest BCUT2D eigenvalue weighted by molar-refractivity contribution is -0.114. The van der Waals surface area contributed by atoms with E-state index >= 15 is 0 Å². The number of benzene rings is 2. The van der Waals surface area contributed by atoms with Crippen molar-refractivity contribution < 1.29 is 14.3 Å². The topological polar surface area (TPSA) is 118 Å². The van der Waals surface area contributed by atoms with Crippen LogP contribution in [0, 0.1) is 0 Å². The molecule has 0 aliphatic heterocycles. The highest BCUT2D eigenvalue weighted by molar-refractivity contribution is 5.90. The first-order valence-corrected chi connectivity index (χ1v) is 8.92. The summed E-state index contributed by atoms with van der Waals surface area (Å²) < 4.78 is 4.97. The second kappa shape index (κ2) is 9.27. The Labute approximate surface area is 167 Å². The van der Waals surface area contributed by atoms with Crippen LogP contribution in [0.2, 0.25) is 0 Å². The van der Waals surface area contributed by atoms with Gasteiger partial charge in [-0.2, -0.15) is 10.1 Å². The third-order valence-electron chi connectivity index (χ3n) is 3.69. The lowest BCUT2D eigenvalue weighted by atomic mass is 10.2. The quantitative estimate of drug-likeness (QED) is 0.523. The number of hydrogen-bond donors (Lipinski definition) is 3. The third kappa shape index (κ3) is 5.73. The maximum absolute atomic E-state index is 11.7. The van der Waals surface area contributed by atoms with Crippen molar-refractivity contribution in [3.05, 3.63) is 60.3 Å². The number of hydrogen-bond acceptors (Lipinski definition) is 8. The molecule has 0 unspecified atom stereocenters. The molecule has 0 fully saturated rings. The van der Waals surface area contributed by atoms with E-state index in [4.69, 9.17) is 4.74 Å². The molecule has 0 bridgehead atoms. The molecule has 0 aliphatic carbocycles.